The molecule has 1 heterocycles. The van der Waals surface area contributed by atoms with E-state index in [1.54, 1.807) is 37.4 Å². The summed E-state index contributed by atoms with van der Waals surface area (Å²) in [6.07, 6.45) is 0. The van der Waals surface area contributed by atoms with Gasteiger partial charge in [0.05, 0.1) is 6.04 Å². The van der Waals surface area contributed by atoms with Crippen molar-refractivity contribution >= 4 is 23.2 Å². The Morgan fingerprint density at radius 2 is 1.81 bits per heavy atom. The topological polar surface area (TPSA) is 60.0 Å². The highest BCUT2D eigenvalue weighted by molar-refractivity contribution is 7.10. The van der Waals surface area contributed by atoms with Gasteiger partial charge in [0.25, 0.3) is 5.91 Å². The number of likely N-dealkylation sites (N-methyl/N-ethyl adjacent to an activating group) is 1. The normalized spacial score (nSPS) is 12.7. The van der Waals surface area contributed by atoms with Gasteiger partial charge < -0.3 is 20.4 Å². The van der Waals surface area contributed by atoms with Crippen LogP contribution in [0.25, 0.3) is 0 Å². The third-order valence-corrected chi connectivity index (χ3v) is 5.22. The van der Waals surface area contributed by atoms with Crippen molar-refractivity contribution in [2.24, 2.45) is 4.99 Å². The second-order valence-corrected chi connectivity index (χ2v) is 7.68. The second kappa shape index (κ2) is 10.1. The SMILES string of the molecule is CN=C(NCc1ccc(C(=O)N(C)C)cc1)NCC(c1cccs1)N(C)C. The van der Waals surface area contributed by atoms with Crippen molar-refractivity contribution in [1.29, 1.82) is 0 Å². The monoisotopic (exact) mass is 387 g/mol. The third kappa shape index (κ3) is 6.08. The van der Waals surface area contributed by atoms with E-state index in [0.717, 1.165) is 18.1 Å². The highest BCUT2D eigenvalue weighted by Gasteiger charge is 2.15. The number of thiophene rings is 1. The highest BCUT2D eigenvalue weighted by Crippen LogP contribution is 2.22. The molecule has 2 aromatic rings. The molecule has 0 saturated carbocycles. The van der Waals surface area contributed by atoms with Crippen molar-refractivity contribution in [3.05, 3.63) is 57.8 Å². The van der Waals surface area contributed by atoms with Gasteiger partial charge in [0.15, 0.2) is 5.96 Å². The van der Waals surface area contributed by atoms with Crippen LogP contribution in [-0.4, -0.2) is 63.4 Å². The quantitative estimate of drug-likeness (QED) is 0.566. The zero-order valence-corrected chi connectivity index (χ0v) is 17.5. The summed E-state index contributed by atoms with van der Waals surface area (Å²) >= 11 is 1.76. The van der Waals surface area contributed by atoms with Gasteiger partial charge in [-0.2, -0.15) is 0 Å². The lowest BCUT2D eigenvalue weighted by Crippen LogP contribution is -2.41. The van der Waals surface area contributed by atoms with Gasteiger partial charge in [-0.3, -0.25) is 9.79 Å². The van der Waals surface area contributed by atoms with Crippen LogP contribution in [0.4, 0.5) is 0 Å². The number of nitrogens with one attached hydrogen (secondary N) is 2. The van der Waals surface area contributed by atoms with Crippen LogP contribution in [0.15, 0.2) is 46.8 Å². The van der Waals surface area contributed by atoms with Gasteiger partial charge in [0.2, 0.25) is 0 Å². The van der Waals surface area contributed by atoms with Gasteiger partial charge in [-0.15, -0.1) is 11.3 Å². The van der Waals surface area contributed by atoms with Gasteiger partial charge in [0.1, 0.15) is 0 Å². The van der Waals surface area contributed by atoms with Gasteiger partial charge >= 0.3 is 0 Å². The number of benzene rings is 1. The third-order valence-electron chi connectivity index (χ3n) is 4.25. The van der Waals surface area contributed by atoms with Crippen LogP contribution >= 0.6 is 11.3 Å². The molecule has 7 heteroatoms. The van der Waals surface area contributed by atoms with E-state index in [0.29, 0.717) is 18.2 Å². The van der Waals surface area contributed by atoms with Crippen LogP contribution in [0, 0.1) is 0 Å². The molecular formula is C20H29N5OS. The Bertz CT molecular complexity index is 738. The van der Waals surface area contributed by atoms with Crippen molar-refractivity contribution in [2.75, 3.05) is 41.8 Å². The zero-order chi connectivity index (χ0) is 19.8. The van der Waals surface area contributed by atoms with Crippen molar-refractivity contribution in [3.63, 3.8) is 0 Å². The minimum absolute atomic E-state index is 0.00953. The van der Waals surface area contributed by atoms with Crippen molar-refractivity contribution < 1.29 is 4.79 Å². The molecule has 2 rings (SSSR count). The lowest BCUT2D eigenvalue weighted by Gasteiger charge is -2.24. The molecule has 1 amide bonds. The Labute approximate surface area is 165 Å². The number of guanidine groups is 1. The smallest absolute Gasteiger partial charge is 0.253 e. The number of carbonyl (C=O) groups is 1. The minimum Gasteiger partial charge on any atom is -0.354 e. The van der Waals surface area contributed by atoms with E-state index in [1.807, 2.05) is 24.3 Å². The molecule has 0 radical (unpaired) electrons. The van der Waals surface area contributed by atoms with Crippen LogP contribution in [0.2, 0.25) is 0 Å². The van der Waals surface area contributed by atoms with Gasteiger partial charge in [-0.05, 0) is 43.2 Å². The molecule has 0 aliphatic carbocycles. The molecule has 27 heavy (non-hydrogen) atoms. The van der Waals surface area contributed by atoms with E-state index >= 15 is 0 Å². The molecule has 6 nitrogen and oxygen atoms in total. The second-order valence-electron chi connectivity index (χ2n) is 6.70. The van der Waals surface area contributed by atoms with E-state index in [1.165, 1.54) is 4.88 Å². The number of rotatable bonds is 7. The zero-order valence-electron chi connectivity index (χ0n) is 16.7. The molecule has 2 N–H and O–H groups in total. The van der Waals surface area contributed by atoms with Crippen LogP contribution in [0.3, 0.4) is 0 Å². The summed E-state index contributed by atoms with van der Waals surface area (Å²) in [5.74, 6) is 0.766. The Hall–Kier alpha value is -2.38. The van der Waals surface area contributed by atoms with E-state index in [9.17, 15) is 4.79 Å². The number of amides is 1. The minimum atomic E-state index is 0.00953. The summed E-state index contributed by atoms with van der Waals surface area (Å²) in [6, 6.07) is 12.2. The summed E-state index contributed by atoms with van der Waals surface area (Å²) in [5.41, 5.74) is 1.78. The summed E-state index contributed by atoms with van der Waals surface area (Å²) in [5, 5.41) is 8.82. The Balaban J connectivity index is 1.89. The maximum atomic E-state index is 11.9. The molecule has 0 spiro atoms. The fraction of sp³-hybridized carbons (Fsp3) is 0.400. The highest BCUT2D eigenvalue weighted by atomic mass is 32.1. The summed E-state index contributed by atoms with van der Waals surface area (Å²) in [7, 11) is 9.44. The summed E-state index contributed by atoms with van der Waals surface area (Å²) < 4.78 is 0. The van der Waals surface area contributed by atoms with Crippen LogP contribution in [-0.2, 0) is 6.54 Å². The first kappa shape index (κ1) is 20.9. The Kier molecular flexibility index (Phi) is 7.82. The number of aliphatic imine (C=N–C) groups is 1. The lowest BCUT2D eigenvalue weighted by atomic mass is 10.1. The van der Waals surface area contributed by atoms with Crippen molar-refractivity contribution in [1.82, 2.24) is 20.4 Å². The molecule has 1 aromatic heterocycles. The molecule has 0 aliphatic heterocycles. The molecule has 1 aromatic carbocycles. The van der Waals surface area contributed by atoms with Crippen molar-refractivity contribution in [2.45, 2.75) is 12.6 Å². The maximum absolute atomic E-state index is 11.9. The molecule has 0 aliphatic rings. The molecule has 0 saturated heterocycles. The Morgan fingerprint density at radius 3 is 2.33 bits per heavy atom. The van der Waals surface area contributed by atoms with Crippen molar-refractivity contribution in [3.8, 4) is 0 Å². The van der Waals surface area contributed by atoms with Gasteiger partial charge in [-0.1, -0.05) is 18.2 Å². The average Bonchev–Trinajstić information content (AvgIpc) is 3.18. The number of nitrogens with zero attached hydrogens (tertiary/aromatic N) is 3. The van der Waals surface area contributed by atoms with Crippen LogP contribution in [0.5, 0.6) is 0 Å². The van der Waals surface area contributed by atoms with Gasteiger partial charge in [0, 0.05) is 44.7 Å². The van der Waals surface area contributed by atoms with Crippen LogP contribution in [0.1, 0.15) is 26.8 Å². The molecule has 0 bridgehead atoms. The number of hydrogen-bond acceptors (Lipinski definition) is 4. The number of hydrogen-bond donors (Lipinski definition) is 2. The predicted molar refractivity (Wildman–Crippen MR) is 113 cm³/mol. The largest absolute Gasteiger partial charge is 0.354 e. The molecular weight excluding hydrogens is 358 g/mol. The van der Waals surface area contributed by atoms with E-state index in [2.05, 4.69) is 52.1 Å². The first-order valence-corrected chi connectivity index (χ1v) is 9.75. The predicted octanol–water partition coefficient (Wildman–Crippen LogP) is 2.42. The molecule has 1 unspecified atom stereocenters. The van der Waals surface area contributed by atoms with E-state index < -0.39 is 0 Å². The van der Waals surface area contributed by atoms with E-state index in [-0.39, 0.29) is 5.91 Å². The lowest BCUT2D eigenvalue weighted by molar-refractivity contribution is 0.0827. The first-order chi connectivity index (χ1) is 12.9. The maximum Gasteiger partial charge on any atom is 0.253 e. The first-order valence-electron chi connectivity index (χ1n) is 8.87. The summed E-state index contributed by atoms with van der Waals surface area (Å²) in [4.78, 5) is 21.4. The molecule has 146 valence electrons. The molecule has 0 fully saturated rings. The summed E-state index contributed by atoms with van der Waals surface area (Å²) in [6.45, 7) is 1.41. The fourth-order valence-corrected chi connectivity index (χ4v) is 3.56. The standard InChI is InChI=1S/C20H29N5OS/c1-21-20(23-14-17(24(2)3)18-7-6-12-27-18)22-13-15-8-10-16(11-9-15)19(26)25(4)5/h6-12,17H,13-14H2,1-5H3,(H2,21,22,23). The van der Waals surface area contributed by atoms with Gasteiger partial charge in [-0.25, -0.2) is 0 Å². The number of carbonyl (C=O) groups excluding carboxylic acids is 1. The molecule has 1 atom stereocenters. The van der Waals surface area contributed by atoms with E-state index in [4.69, 9.17) is 0 Å². The Morgan fingerprint density at radius 1 is 1.11 bits per heavy atom. The average molecular weight is 388 g/mol. The fourth-order valence-electron chi connectivity index (χ4n) is 2.64. The van der Waals surface area contributed by atoms with Crippen LogP contribution < -0.4 is 10.6 Å².